The van der Waals surface area contributed by atoms with Gasteiger partial charge in [0, 0.05) is 20.7 Å². The standard InChI is InChI=1S/C16H34N2O3Si/c1-22(2,3)10-9-21-16(20)18-12-15(19)14(17)11-13-7-5-4-6-8-13/h13-15,19H,4-12,17H2,1-3H3,(H,18,20)/t14-,15+/m0/s1. The second-order valence-electron chi connectivity index (χ2n) is 7.80. The molecule has 0 spiro atoms. The molecule has 5 nitrogen and oxygen atoms in total. The smallest absolute Gasteiger partial charge is 0.407 e. The number of carbonyl (C=O) groups excluding carboxylic acids is 1. The first-order chi connectivity index (χ1) is 10.3. The third-order valence-electron chi connectivity index (χ3n) is 4.37. The second-order valence-corrected chi connectivity index (χ2v) is 13.4. The van der Waals surface area contributed by atoms with Gasteiger partial charge < -0.3 is 20.9 Å². The summed E-state index contributed by atoms with van der Waals surface area (Å²) in [6, 6.07) is 0.676. The summed E-state index contributed by atoms with van der Waals surface area (Å²) >= 11 is 0. The van der Waals surface area contributed by atoms with E-state index in [9.17, 15) is 9.90 Å². The molecule has 4 N–H and O–H groups in total. The fraction of sp³-hybridized carbons (Fsp3) is 0.938. The van der Waals surface area contributed by atoms with Gasteiger partial charge in [0.25, 0.3) is 0 Å². The third kappa shape index (κ3) is 8.75. The number of aliphatic hydroxyl groups excluding tert-OH is 1. The molecule has 0 aromatic carbocycles. The van der Waals surface area contributed by atoms with Crippen molar-refractivity contribution in [3.8, 4) is 0 Å². The van der Waals surface area contributed by atoms with Crippen LogP contribution in [0.25, 0.3) is 0 Å². The van der Waals surface area contributed by atoms with Crippen LogP contribution < -0.4 is 11.1 Å². The summed E-state index contributed by atoms with van der Waals surface area (Å²) in [5.74, 6) is 0.627. The number of nitrogens with one attached hydrogen (secondary N) is 1. The molecule has 1 amide bonds. The van der Waals surface area contributed by atoms with Crippen LogP contribution in [0.1, 0.15) is 38.5 Å². The molecule has 1 saturated carbocycles. The predicted octanol–water partition coefficient (Wildman–Crippen LogP) is 2.71. The average Bonchev–Trinajstić information content (AvgIpc) is 2.44. The van der Waals surface area contributed by atoms with E-state index in [1.54, 1.807) is 0 Å². The minimum Gasteiger partial charge on any atom is -0.450 e. The molecule has 0 heterocycles. The largest absolute Gasteiger partial charge is 0.450 e. The number of ether oxygens (including phenoxy) is 1. The lowest BCUT2D eigenvalue weighted by molar-refractivity contribution is 0.112. The summed E-state index contributed by atoms with van der Waals surface area (Å²) in [6.45, 7) is 7.33. The lowest BCUT2D eigenvalue weighted by atomic mass is 9.84. The van der Waals surface area contributed by atoms with Crippen LogP contribution in [0.5, 0.6) is 0 Å². The van der Waals surface area contributed by atoms with Gasteiger partial charge in [-0.05, 0) is 18.4 Å². The van der Waals surface area contributed by atoms with Gasteiger partial charge in [-0.15, -0.1) is 0 Å². The first-order valence-electron chi connectivity index (χ1n) is 8.62. The van der Waals surface area contributed by atoms with E-state index >= 15 is 0 Å². The predicted molar refractivity (Wildman–Crippen MR) is 92.7 cm³/mol. The number of hydrogen-bond donors (Lipinski definition) is 3. The molecule has 1 fully saturated rings. The molecular weight excluding hydrogens is 296 g/mol. The Hall–Kier alpha value is -0.593. The lowest BCUT2D eigenvalue weighted by Gasteiger charge is -2.27. The van der Waals surface area contributed by atoms with Crippen LogP contribution in [0.3, 0.4) is 0 Å². The summed E-state index contributed by atoms with van der Waals surface area (Å²) < 4.78 is 5.13. The van der Waals surface area contributed by atoms with Crippen molar-refractivity contribution >= 4 is 14.2 Å². The van der Waals surface area contributed by atoms with Gasteiger partial charge in [0.05, 0.1) is 12.7 Å². The van der Waals surface area contributed by atoms with E-state index in [0.29, 0.717) is 12.5 Å². The van der Waals surface area contributed by atoms with E-state index in [1.165, 1.54) is 32.1 Å². The Morgan fingerprint density at radius 3 is 2.55 bits per heavy atom. The first kappa shape index (κ1) is 19.5. The molecule has 130 valence electrons. The Kier molecular flexibility index (Phi) is 8.42. The second kappa shape index (κ2) is 9.52. The highest BCUT2D eigenvalue weighted by atomic mass is 28.3. The molecule has 6 heteroatoms. The van der Waals surface area contributed by atoms with Crippen molar-refractivity contribution in [2.75, 3.05) is 13.2 Å². The van der Waals surface area contributed by atoms with Crippen LogP contribution in [-0.2, 0) is 4.74 Å². The Bertz CT molecular complexity index is 328. The van der Waals surface area contributed by atoms with Crippen LogP contribution in [0, 0.1) is 5.92 Å². The van der Waals surface area contributed by atoms with Crippen LogP contribution in [-0.4, -0.2) is 44.6 Å². The van der Waals surface area contributed by atoms with Crippen LogP contribution >= 0.6 is 0 Å². The van der Waals surface area contributed by atoms with Gasteiger partial charge in [-0.25, -0.2) is 4.79 Å². The minimum atomic E-state index is -1.19. The Morgan fingerprint density at radius 2 is 1.95 bits per heavy atom. The number of amides is 1. The van der Waals surface area contributed by atoms with Gasteiger partial charge in [-0.1, -0.05) is 51.7 Å². The quantitative estimate of drug-likeness (QED) is 0.597. The summed E-state index contributed by atoms with van der Waals surface area (Å²) in [5, 5.41) is 12.7. The van der Waals surface area contributed by atoms with Gasteiger partial charge in [0.15, 0.2) is 0 Å². The highest BCUT2D eigenvalue weighted by Crippen LogP contribution is 2.27. The van der Waals surface area contributed by atoms with E-state index in [1.807, 2.05) is 0 Å². The molecule has 1 aliphatic carbocycles. The molecule has 2 atom stereocenters. The molecule has 0 radical (unpaired) electrons. The third-order valence-corrected chi connectivity index (χ3v) is 6.07. The van der Waals surface area contributed by atoms with Gasteiger partial charge in [0.1, 0.15) is 0 Å². The van der Waals surface area contributed by atoms with E-state index in [0.717, 1.165) is 12.5 Å². The molecule has 0 bridgehead atoms. The van der Waals surface area contributed by atoms with Crippen molar-refractivity contribution < 1.29 is 14.6 Å². The molecule has 1 rings (SSSR count). The summed E-state index contributed by atoms with van der Waals surface area (Å²) in [6.07, 6.45) is 5.98. The van der Waals surface area contributed by atoms with Gasteiger partial charge in [-0.3, -0.25) is 0 Å². The zero-order chi connectivity index (χ0) is 16.6. The molecule has 0 saturated heterocycles. The normalized spacial score (nSPS) is 19.5. The SMILES string of the molecule is C[Si](C)(C)CCOC(=O)NC[C@@H](O)[C@@H](N)CC1CCCCC1. The maximum absolute atomic E-state index is 11.6. The van der Waals surface area contributed by atoms with Gasteiger partial charge >= 0.3 is 6.09 Å². The van der Waals surface area contributed by atoms with Crippen LogP contribution in [0.2, 0.25) is 25.7 Å². The van der Waals surface area contributed by atoms with Crippen molar-refractivity contribution in [3.05, 3.63) is 0 Å². The maximum atomic E-state index is 11.6. The summed E-state index contributed by atoms with van der Waals surface area (Å²) in [4.78, 5) is 11.6. The molecule has 0 aromatic rings. The van der Waals surface area contributed by atoms with Crippen LogP contribution in [0.15, 0.2) is 0 Å². The maximum Gasteiger partial charge on any atom is 0.407 e. The molecule has 22 heavy (non-hydrogen) atoms. The molecule has 0 aliphatic heterocycles. The monoisotopic (exact) mass is 330 g/mol. The number of carbonyl (C=O) groups is 1. The van der Waals surface area contributed by atoms with Crippen molar-refractivity contribution in [3.63, 3.8) is 0 Å². The fourth-order valence-corrected chi connectivity index (χ4v) is 3.52. The number of rotatable bonds is 8. The zero-order valence-electron chi connectivity index (χ0n) is 14.4. The van der Waals surface area contributed by atoms with Crippen molar-refractivity contribution in [1.29, 1.82) is 0 Å². The fourth-order valence-electron chi connectivity index (χ4n) is 2.81. The highest BCUT2D eigenvalue weighted by Gasteiger charge is 2.22. The van der Waals surface area contributed by atoms with Crippen molar-refractivity contribution in [2.24, 2.45) is 11.7 Å². The molecule has 1 aliphatic rings. The highest BCUT2D eigenvalue weighted by molar-refractivity contribution is 6.76. The van der Waals surface area contributed by atoms with E-state index in [-0.39, 0.29) is 12.6 Å². The summed E-state index contributed by atoms with van der Waals surface area (Å²) in [5.41, 5.74) is 6.05. The van der Waals surface area contributed by atoms with Crippen molar-refractivity contribution in [2.45, 2.75) is 76.4 Å². The zero-order valence-corrected chi connectivity index (χ0v) is 15.4. The Balaban J connectivity index is 2.15. The number of aliphatic hydroxyl groups is 1. The average molecular weight is 331 g/mol. The lowest BCUT2D eigenvalue weighted by Crippen LogP contribution is -2.44. The molecule has 0 aromatic heterocycles. The first-order valence-corrected chi connectivity index (χ1v) is 12.3. The molecular formula is C16H34N2O3Si. The van der Waals surface area contributed by atoms with Crippen LogP contribution in [0.4, 0.5) is 4.79 Å². The number of alkyl carbamates (subject to hydrolysis) is 1. The number of nitrogens with two attached hydrogens (primary N) is 1. The Morgan fingerprint density at radius 1 is 1.32 bits per heavy atom. The van der Waals surface area contributed by atoms with Gasteiger partial charge in [-0.2, -0.15) is 0 Å². The van der Waals surface area contributed by atoms with E-state index in [4.69, 9.17) is 10.5 Å². The van der Waals surface area contributed by atoms with Gasteiger partial charge in [0.2, 0.25) is 0 Å². The van der Waals surface area contributed by atoms with E-state index in [2.05, 4.69) is 25.0 Å². The summed E-state index contributed by atoms with van der Waals surface area (Å²) in [7, 11) is -1.19. The Labute approximate surface area is 136 Å². The molecule has 0 unspecified atom stereocenters. The topological polar surface area (TPSA) is 84.6 Å². The number of hydrogen-bond acceptors (Lipinski definition) is 4. The van der Waals surface area contributed by atoms with E-state index < -0.39 is 20.3 Å². The minimum absolute atomic E-state index is 0.166. The van der Waals surface area contributed by atoms with Crippen molar-refractivity contribution in [1.82, 2.24) is 5.32 Å².